The molecule has 0 aliphatic heterocycles. The van der Waals surface area contributed by atoms with Crippen LogP contribution in [0.1, 0.15) is 11.1 Å². The van der Waals surface area contributed by atoms with Gasteiger partial charge in [-0.3, -0.25) is 0 Å². The average molecular weight is 1110 g/mol. The van der Waals surface area contributed by atoms with E-state index in [0.717, 1.165) is 133 Å². The average Bonchev–Trinajstić information content (AvgIpc) is 1.47. The number of hydrogen-bond acceptors (Lipinski definition) is 3. The van der Waals surface area contributed by atoms with Gasteiger partial charge in [-0.25, -0.2) is 0 Å². The SMILES string of the molecule is N#Cc1c(-c2ccccc2)c(-c2ccccc2)c(-c2ccccc2)c(-c2ccccc2)c1-c1cc(-c2c(C#N)c(-c3ccccc3)c(-c3ccccc3)c(-c3ccccc3)c2-c2ccccc2)cc(-n2c3ccccc3c3c4ccccc4sc32)c1. The van der Waals surface area contributed by atoms with E-state index in [2.05, 4.69) is 314 Å². The van der Waals surface area contributed by atoms with E-state index >= 15 is 0 Å². The third kappa shape index (κ3) is 8.72. The number of hydrogen-bond donors (Lipinski definition) is 0. The molecule has 400 valence electrons. The molecule has 0 bridgehead atoms. The fourth-order valence-corrected chi connectivity index (χ4v) is 14.4. The minimum atomic E-state index is 0.541. The van der Waals surface area contributed by atoms with E-state index in [4.69, 9.17) is 0 Å². The van der Waals surface area contributed by atoms with Crippen molar-refractivity contribution in [3.8, 4) is 129 Å². The van der Waals surface area contributed by atoms with Gasteiger partial charge in [-0.05, 0) is 119 Å². The molecule has 0 unspecified atom stereocenters. The fraction of sp³-hybridized carbons (Fsp3) is 0. The lowest BCUT2D eigenvalue weighted by atomic mass is 9.74. The minimum Gasteiger partial charge on any atom is -0.301 e. The van der Waals surface area contributed by atoms with E-state index in [1.54, 1.807) is 11.3 Å². The van der Waals surface area contributed by atoms with Gasteiger partial charge in [-0.1, -0.05) is 279 Å². The number of thiophene rings is 1. The van der Waals surface area contributed by atoms with Gasteiger partial charge >= 0.3 is 0 Å². The van der Waals surface area contributed by atoms with Crippen LogP contribution < -0.4 is 0 Å². The van der Waals surface area contributed by atoms with Gasteiger partial charge < -0.3 is 4.57 Å². The molecule has 2 aromatic heterocycles. The van der Waals surface area contributed by atoms with E-state index in [1.165, 1.54) is 15.5 Å². The monoisotopic (exact) mass is 1110 g/mol. The summed E-state index contributed by atoms with van der Waals surface area (Å²) in [4.78, 5) is 1.10. The Morgan fingerprint density at radius 1 is 0.256 bits per heavy atom. The molecule has 0 aliphatic rings. The molecule has 15 rings (SSSR count). The molecule has 4 heteroatoms. The lowest BCUT2D eigenvalue weighted by Crippen LogP contribution is -2.05. The molecule has 0 atom stereocenters. The van der Waals surface area contributed by atoms with E-state index in [-0.39, 0.29) is 0 Å². The standard InChI is InChI=1S/C82H51N3S/c83-52-67-71(54-29-9-1-10-30-54)75(56-33-13-3-14-34-56)79(60-41-21-7-22-42-60)77(58-37-17-5-18-38-58)73(67)62-49-63(51-64(50-62)85-69-47-27-25-45-65(69)81-66-46-26-28-48-70(66)86-82(81)85)74-68(53-84)72(55-31-11-2-12-32-55)76(57-35-15-4-16-36-57)80(61-43-23-8-24-44-61)78(74)59-39-19-6-20-40-59/h1-51H. The van der Waals surface area contributed by atoms with Crippen molar-refractivity contribution in [2.24, 2.45) is 0 Å². The molecule has 13 aromatic carbocycles. The lowest BCUT2D eigenvalue weighted by molar-refractivity contribution is 1.19. The Morgan fingerprint density at radius 2 is 0.523 bits per heavy atom. The maximum Gasteiger partial charge on any atom is 0.109 e. The van der Waals surface area contributed by atoms with Gasteiger partial charge in [0.15, 0.2) is 0 Å². The lowest BCUT2D eigenvalue weighted by Gasteiger charge is -2.28. The number of benzene rings is 13. The third-order valence-electron chi connectivity index (χ3n) is 16.7. The molecule has 0 N–H and O–H groups in total. The second-order valence-corrected chi connectivity index (χ2v) is 22.6. The first-order valence-corrected chi connectivity index (χ1v) is 29.8. The zero-order valence-electron chi connectivity index (χ0n) is 46.7. The van der Waals surface area contributed by atoms with Gasteiger partial charge in [0.2, 0.25) is 0 Å². The number of aromatic nitrogens is 1. The minimum absolute atomic E-state index is 0.541. The number of nitrogens with zero attached hydrogens (tertiary/aromatic N) is 3. The van der Waals surface area contributed by atoms with Crippen LogP contribution in [0.5, 0.6) is 0 Å². The van der Waals surface area contributed by atoms with Crippen molar-refractivity contribution in [3.05, 3.63) is 321 Å². The Kier molecular flexibility index (Phi) is 13.2. The van der Waals surface area contributed by atoms with Crippen LogP contribution in [0.25, 0.3) is 148 Å². The molecule has 0 radical (unpaired) electrons. The molecule has 0 amide bonds. The summed E-state index contributed by atoms with van der Waals surface area (Å²) in [7, 11) is 0. The van der Waals surface area contributed by atoms with Gasteiger partial charge in [0.25, 0.3) is 0 Å². The predicted octanol–water partition coefficient (Wildman–Crippen LogP) is 22.4. The van der Waals surface area contributed by atoms with Crippen molar-refractivity contribution in [3.63, 3.8) is 0 Å². The van der Waals surface area contributed by atoms with Gasteiger partial charge in [0.1, 0.15) is 17.0 Å². The summed E-state index contributed by atoms with van der Waals surface area (Å²) in [6.45, 7) is 0. The molecule has 15 aromatic rings. The summed E-state index contributed by atoms with van der Waals surface area (Å²) in [5.74, 6) is 0. The molecule has 86 heavy (non-hydrogen) atoms. The van der Waals surface area contributed by atoms with Crippen LogP contribution in [0.15, 0.2) is 309 Å². The van der Waals surface area contributed by atoms with Gasteiger partial charge in [-0.15, -0.1) is 11.3 Å². The highest BCUT2D eigenvalue weighted by Crippen LogP contribution is 2.57. The molecular formula is C82H51N3S. The highest BCUT2D eigenvalue weighted by atomic mass is 32.1. The van der Waals surface area contributed by atoms with Crippen LogP contribution in [0.4, 0.5) is 0 Å². The van der Waals surface area contributed by atoms with Crippen molar-refractivity contribution in [1.82, 2.24) is 4.57 Å². The first-order chi connectivity index (χ1) is 42.7. The van der Waals surface area contributed by atoms with Crippen LogP contribution in [0.2, 0.25) is 0 Å². The van der Waals surface area contributed by atoms with Crippen LogP contribution in [0, 0.1) is 22.7 Å². The van der Waals surface area contributed by atoms with Crippen molar-refractivity contribution in [2.75, 3.05) is 0 Å². The summed E-state index contributed by atoms with van der Waals surface area (Å²) in [5, 5.41) is 28.5. The summed E-state index contributed by atoms with van der Waals surface area (Å²) in [5.41, 5.74) is 21.6. The first kappa shape index (κ1) is 51.5. The van der Waals surface area contributed by atoms with Crippen LogP contribution in [0.3, 0.4) is 0 Å². The summed E-state index contributed by atoms with van der Waals surface area (Å²) in [6, 6.07) is 115. The Bertz CT molecular complexity index is 4870. The largest absolute Gasteiger partial charge is 0.301 e. The number of rotatable bonds is 11. The smallest absolute Gasteiger partial charge is 0.109 e. The molecule has 3 nitrogen and oxygen atoms in total. The third-order valence-corrected chi connectivity index (χ3v) is 17.8. The van der Waals surface area contributed by atoms with Crippen LogP contribution >= 0.6 is 11.3 Å². The number of fused-ring (bicyclic) bond motifs is 5. The fourth-order valence-electron chi connectivity index (χ4n) is 13.2. The molecule has 0 saturated heterocycles. The van der Waals surface area contributed by atoms with Crippen molar-refractivity contribution < 1.29 is 0 Å². The second kappa shape index (κ2) is 22.1. The summed E-state index contributed by atoms with van der Waals surface area (Å²) < 4.78 is 3.62. The van der Waals surface area contributed by atoms with Crippen LogP contribution in [-0.4, -0.2) is 4.57 Å². The molecule has 2 heterocycles. The molecule has 0 saturated carbocycles. The van der Waals surface area contributed by atoms with Crippen molar-refractivity contribution >= 4 is 42.5 Å². The first-order valence-electron chi connectivity index (χ1n) is 28.9. The zero-order chi connectivity index (χ0) is 57.5. The number of para-hydroxylation sites is 1. The predicted molar refractivity (Wildman–Crippen MR) is 360 cm³/mol. The van der Waals surface area contributed by atoms with Crippen molar-refractivity contribution in [2.45, 2.75) is 0 Å². The normalized spacial score (nSPS) is 11.2. The summed E-state index contributed by atoms with van der Waals surface area (Å²) >= 11 is 1.78. The highest BCUT2D eigenvalue weighted by molar-refractivity contribution is 7.25. The Morgan fingerprint density at radius 3 is 0.860 bits per heavy atom. The molecule has 0 fully saturated rings. The maximum absolute atomic E-state index is 12.5. The molecular weight excluding hydrogens is 1060 g/mol. The Labute approximate surface area is 504 Å². The second-order valence-electron chi connectivity index (χ2n) is 21.6. The quantitative estimate of drug-likeness (QED) is 0.130. The van der Waals surface area contributed by atoms with Crippen LogP contribution in [-0.2, 0) is 0 Å². The van der Waals surface area contributed by atoms with E-state index in [9.17, 15) is 10.5 Å². The maximum atomic E-state index is 12.5. The Balaban J connectivity index is 1.21. The van der Waals surface area contributed by atoms with E-state index in [1.807, 2.05) is 12.1 Å². The topological polar surface area (TPSA) is 52.5 Å². The van der Waals surface area contributed by atoms with Gasteiger partial charge in [-0.2, -0.15) is 10.5 Å². The molecule has 0 aliphatic carbocycles. The number of nitriles is 2. The summed E-state index contributed by atoms with van der Waals surface area (Å²) in [6.07, 6.45) is 0. The molecule has 0 spiro atoms. The Hall–Kier alpha value is -11.4. The highest BCUT2D eigenvalue weighted by Gasteiger charge is 2.33. The van der Waals surface area contributed by atoms with Crippen molar-refractivity contribution in [1.29, 1.82) is 10.5 Å². The van der Waals surface area contributed by atoms with Gasteiger partial charge in [0, 0.05) is 48.8 Å². The van der Waals surface area contributed by atoms with E-state index in [0.29, 0.717) is 11.1 Å². The van der Waals surface area contributed by atoms with Gasteiger partial charge in [0.05, 0.1) is 16.6 Å². The zero-order valence-corrected chi connectivity index (χ0v) is 47.5. The van der Waals surface area contributed by atoms with E-state index < -0.39 is 0 Å².